The molecule has 2 atom stereocenters. The summed E-state index contributed by atoms with van der Waals surface area (Å²) in [6, 6.07) is 0.256. The lowest BCUT2D eigenvalue weighted by molar-refractivity contribution is 0.0593. The molecule has 1 saturated heterocycles. The molecule has 0 saturated carbocycles. The van der Waals surface area contributed by atoms with Gasteiger partial charge in [-0.25, -0.2) is 9.78 Å². The van der Waals surface area contributed by atoms with E-state index in [1.54, 1.807) is 6.20 Å². The number of anilines is 1. The van der Waals surface area contributed by atoms with Crippen molar-refractivity contribution in [1.29, 1.82) is 0 Å². The molecule has 0 bridgehead atoms. The predicted octanol–water partition coefficient (Wildman–Crippen LogP) is 0.827. The Hall–Kier alpha value is -1.69. The van der Waals surface area contributed by atoms with Crippen LogP contribution in [-0.2, 0) is 4.74 Å². The Kier molecular flexibility index (Phi) is 4.31. The molecule has 0 spiro atoms. The van der Waals surface area contributed by atoms with Crippen LogP contribution in [0.1, 0.15) is 30.3 Å². The first-order valence-electron chi connectivity index (χ1n) is 6.52. The third kappa shape index (κ3) is 3.01. The van der Waals surface area contributed by atoms with E-state index in [1.807, 2.05) is 0 Å². The molecule has 2 heterocycles. The maximum Gasteiger partial charge on any atom is 0.358 e. The molecule has 1 fully saturated rings. The topological polar surface area (TPSA) is 81.3 Å². The van der Waals surface area contributed by atoms with Crippen LogP contribution >= 0.6 is 0 Å². The first-order chi connectivity index (χ1) is 9.15. The summed E-state index contributed by atoms with van der Waals surface area (Å²) in [6.07, 6.45) is 5.23. The van der Waals surface area contributed by atoms with E-state index < -0.39 is 5.97 Å². The molecular weight excluding hydrogens is 244 g/mol. The molecule has 2 unspecified atom stereocenters. The molecule has 6 nitrogen and oxygen atoms in total. The van der Waals surface area contributed by atoms with Gasteiger partial charge in [0.1, 0.15) is 5.82 Å². The number of carbonyl (C=O) groups excluding carboxylic acids is 1. The van der Waals surface area contributed by atoms with Crippen molar-refractivity contribution < 1.29 is 9.53 Å². The van der Waals surface area contributed by atoms with Crippen LogP contribution in [0, 0.1) is 5.92 Å². The lowest BCUT2D eigenvalue weighted by atomic mass is 9.92. The Morgan fingerprint density at radius 3 is 3.05 bits per heavy atom. The van der Waals surface area contributed by atoms with Gasteiger partial charge in [-0.1, -0.05) is 6.92 Å². The summed E-state index contributed by atoms with van der Waals surface area (Å²) in [5.41, 5.74) is 6.07. The zero-order valence-corrected chi connectivity index (χ0v) is 11.4. The summed E-state index contributed by atoms with van der Waals surface area (Å²) in [5.74, 6) is 0.899. The van der Waals surface area contributed by atoms with Crippen molar-refractivity contribution >= 4 is 11.8 Å². The van der Waals surface area contributed by atoms with Gasteiger partial charge in [0.2, 0.25) is 0 Å². The van der Waals surface area contributed by atoms with Gasteiger partial charge in [-0.15, -0.1) is 0 Å². The van der Waals surface area contributed by atoms with Gasteiger partial charge in [0.25, 0.3) is 0 Å². The lowest BCUT2D eigenvalue weighted by Gasteiger charge is -2.38. The fourth-order valence-corrected chi connectivity index (χ4v) is 2.47. The van der Waals surface area contributed by atoms with Crippen LogP contribution in [0.15, 0.2) is 12.4 Å². The number of nitrogens with zero attached hydrogens (tertiary/aromatic N) is 3. The molecule has 2 rings (SSSR count). The smallest absolute Gasteiger partial charge is 0.358 e. The van der Waals surface area contributed by atoms with E-state index in [0.717, 1.165) is 19.4 Å². The summed E-state index contributed by atoms with van der Waals surface area (Å²) < 4.78 is 4.66. The fourth-order valence-electron chi connectivity index (χ4n) is 2.47. The second kappa shape index (κ2) is 5.97. The monoisotopic (exact) mass is 264 g/mol. The van der Waals surface area contributed by atoms with E-state index in [-0.39, 0.29) is 11.7 Å². The van der Waals surface area contributed by atoms with Crippen molar-refractivity contribution in [1.82, 2.24) is 9.97 Å². The van der Waals surface area contributed by atoms with Crippen molar-refractivity contribution in [3.8, 4) is 0 Å². The summed E-state index contributed by atoms with van der Waals surface area (Å²) in [5, 5.41) is 0. The summed E-state index contributed by atoms with van der Waals surface area (Å²) in [6.45, 7) is 3.70. The largest absolute Gasteiger partial charge is 0.464 e. The highest BCUT2D eigenvalue weighted by molar-refractivity contribution is 5.87. The molecule has 0 radical (unpaired) electrons. The normalized spacial score (nSPS) is 23.2. The van der Waals surface area contributed by atoms with Crippen LogP contribution < -0.4 is 10.6 Å². The van der Waals surface area contributed by atoms with Crippen molar-refractivity contribution in [2.45, 2.75) is 25.8 Å². The average molecular weight is 264 g/mol. The van der Waals surface area contributed by atoms with Crippen LogP contribution in [0.25, 0.3) is 0 Å². The standard InChI is InChI=1S/C13H20N4O2/c1-9-3-4-17(10(5-9)6-14)12-8-15-7-11(16-12)13(18)19-2/h7-10H,3-6,14H2,1-2H3. The minimum absolute atomic E-state index is 0.231. The number of piperidine rings is 1. The number of aromatic nitrogens is 2. The summed E-state index contributed by atoms with van der Waals surface area (Å²) in [4.78, 5) is 22.0. The van der Waals surface area contributed by atoms with Gasteiger partial charge >= 0.3 is 5.97 Å². The van der Waals surface area contributed by atoms with Gasteiger partial charge in [-0.05, 0) is 18.8 Å². The number of nitrogens with two attached hydrogens (primary N) is 1. The molecule has 2 N–H and O–H groups in total. The third-order valence-electron chi connectivity index (χ3n) is 3.56. The van der Waals surface area contributed by atoms with Gasteiger partial charge in [0.05, 0.1) is 19.5 Å². The predicted molar refractivity (Wildman–Crippen MR) is 72.0 cm³/mol. The number of rotatable bonds is 3. The number of carbonyl (C=O) groups is 1. The number of ether oxygens (including phenoxy) is 1. The van der Waals surface area contributed by atoms with Crippen LogP contribution in [-0.4, -0.2) is 42.2 Å². The minimum atomic E-state index is -0.468. The summed E-state index contributed by atoms with van der Waals surface area (Å²) >= 11 is 0. The molecule has 0 amide bonds. The molecule has 0 aliphatic carbocycles. The fraction of sp³-hybridized carbons (Fsp3) is 0.615. The van der Waals surface area contributed by atoms with Gasteiger partial charge in [0, 0.05) is 19.1 Å². The summed E-state index contributed by atoms with van der Waals surface area (Å²) in [7, 11) is 1.34. The first-order valence-corrected chi connectivity index (χ1v) is 6.52. The van der Waals surface area contributed by atoms with E-state index >= 15 is 0 Å². The Labute approximate surface area is 113 Å². The van der Waals surface area contributed by atoms with Gasteiger partial charge in [0.15, 0.2) is 5.69 Å². The number of methoxy groups -OCH3 is 1. The van der Waals surface area contributed by atoms with E-state index in [2.05, 4.69) is 26.5 Å². The quantitative estimate of drug-likeness (QED) is 0.814. The molecule has 104 valence electrons. The molecule has 1 aliphatic heterocycles. The van der Waals surface area contributed by atoms with Crippen LogP contribution in [0.3, 0.4) is 0 Å². The van der Waals surface area contributed by atoms with Gasteiger partial charge < -0.3 is 15.4 Å². The van der Waals surface area contributed by atoms with E-state index in [9.17, 15) is 4.79 Å². The number of hydrogen-bond donors (Lipinski definition) is 1. The van der Waals surface area contributed by atoms with Gasteiger partial charge in [-0.2, -0.15) is 0 Å². The van der Waals surface area contributed by atoms with Crippen molar-refractivity contribution in [3.05, 3.63) is 18.1 Å². The second-order valence-electron chi connectivity index (χ2n) is 4.97. The van der Waals surface area contributed by atoms with E-state index in [4.69, 9.17) is 5.73 Å². The van der Waals surface area contributed by atoms with Crippen molar-refractivity contribution in [2.24, 2.45) is 11.7 Å². The second-order valence-corrected chi connectivity index (χ2v) is 4.97. The van der Waals surface area contributed by atoms with Crippen LogP contribution in [0.2, 0.25) is 0 Å². The molecule has 19 heavy (non-hydrogen) atoms. The molecule has 1 aromatic rings. The molecule has 0 aromatic carbocycles. The molecule has 1 aromatic heterocycles. The van der Waals surface area contributed by atoms with Gasteiger partial charge in [-0.3, -0.25) is 4.98 Å². The Balaban J connectivity index is 2.23. The lowest BCUT2D eigenvalue weighted by Crippen LogP contribution is -2.46. The van der Waals surface area contributed by atoms with E-state index in [1.165, 1.54) is 13.3 Å². The third-order valence-corrected chi connectivity index (χ3v) is 3.56. The average Bonchev–Trinajstić information content (AvgIpc) is 2.46. The molecule has 6 heteroatoms. The Morgan fingerprint density at radius 2 is 2.37 bits per heavy atom. The zero-order valence-electron chi connectivity index (χ0n) is 11.4. The van der Waals surface area contributed by atoms with Crippen LogP contribution in [0.4, 0.5) is 5.82 Å². The highest BCUT2D eigenvalue weighted by Gasteiger charge is 2.27. The number of esters is 1. The molecular formula is C13H20N4O2. The highest BCUT2D eigenvalue weighted by atomic mass is 16.5. The Bertz CT molecular complexity index is 452. The van der Waals surface area contributed by atoms with Crippen LogP contribution in [0.5, 0.6) is 0 Å². The molecule has 1 aliphatic rings. The van der Waals surface area contributed by atoms with Crippen molar-refractivity contribution in [2.75, 3.05) is 25.1 Å². The SMILES string of the molecule is COC(=O)c1cncc(N2CCC(C)CC2CN)n1. The van der Waals surface area contributed by atoms with Crippen molar-refractivity contribution in [3.63, 3.8) is 0 Å². The first kappa shape index (κ1) is 13.7. The van der Waals surface area contributed by atoms with E-state index in [0.29, 0.717) is 18.3 Å². The zero-order chi connectivity index (χ0) is 13.8. The highest BCUT2D eigenvalue weighted by Crippen LogP contribution is 2.25. The minimum Gasteiger partial charge on any atom is -0.464 e. The Morgan fingerprint density at radius 1 is 1.58 bits per heavy atom. The maximum atomic E-state index is 11.5. The maximum absolute atomic E-state index is 11.5. The number of hydrogen-bond acceptors (Lipinski definition) is 6.